The number of aryl methyl sites for hydroxylation is 1. The molecule has 0 fully saturated rings. The smallest absolute Gasteiger partial charge is 0.191 e. The number of fused-ring (bicyclic) bond motifs is 1. The second kappa shape index (κ2) is 10.1. The van der Waals surface area contributed by atoms with Gasteiger partial charge in [-0.2, -0.15) is 0 Å². The molecular weight excluding hydrogens is 447 g/mol. The third-order valence-corrected chi connectivity index (χ3v) is 5.06. The van der Waals surface area contributed by atoms with E-state index in [-0.39, 0.29) is 24.0 Å². The van der Waals surface area contributed by atoms with Crippen molar-refractivity contribution in [1.29, 1.82) is 0 Å². The van der Waals surface area contributed by atoms with E-state index in [0.717, 1.165) is 50.1 Å². The molecule has 3 rings (SSSR count). The molecule has 1 unspecified atom stereocenters. The van der Waals surface area contributed by atoms with Crippen molar-refractivity contribution in [2.45, 2.75) is 46.2 Å². The molecule has 8 heteroatoms. The van der Waals surface area contributed by atoms with E-state index in [1.54, 1.807) is 0 Å². The van der Waals surface area contributed by atoms with Gasteiger partial charge in [0.15, 0.2) is 11.8 Å². The summed E-state index contributed by atoms with van der Waals surface area (Å²) in [4.78, 5) is 6.11. The molecule has 2 aromatic heterocycles. The van der Waals surface area contributed by atoms with E-state index in [9.17, 15) is 0 Å². The molecule has 0 amide bonds. The topological polar surface area (TPSA) is 67.1 Å². The molecule has 0 bridgehead atoms. The van der Waals surface area contributed by atoms with Gasteiger partial charge in [-0.05, 0) is 37.1 Å². The maximum absolute atomic E-state index is 4.68. The van der Waals surface area contributed by atoms with E-state index in [4.69, 9.17) is 0 Å². The number of hydrogen-bond donors (Lipinski definition) is 2. The average molecular weight is 474 g/mol. The van der Waals surface area contributed by atoms with Gasteiger partial charge in [-0.15, -0.1) is 45.5 Å². The quantitative estimate of drug-likeness (QED) is 0.368. The van der Waals surface area contributed by atoms with Crippen molar-refractivity contribution < 1.29 is 0 Å². The molecule has 1 atom stereocenters. The van der Waals surface area contributed by atoms with Crippen molar-refractivity contribution in [3.8, 4) is 0 Å². The van der Waals surface area contributed by atoms with Crippen LogP contribution in [-0.2, 0) is 25.9 Å². The van der Waals surface area contributed by atoms with Gasteiger partial charge in [0.05, 0.1) is 0 Å². The molecule has 0 saturated heterocycles. The van der Waals surface area contributed by atoms with Crippen LogP contribution in [0.5, 0.6) is 0 Å². The van der Waals surface area contributed by atoms with Gasteiger partial charge in [0.2, 0.25) is 0 Å². The molecule has 0 radical (unpaired) electrons. The lowest BCUT2D eigenvalue weighted by Crippen LogP contribution is -2.39. The zero-order valence-corrected chi connectivity index (χ0v) is 18.0. The first kappa shape index (κ1) is 20.2. The Balaban J connectivity index is 0.00000225. The van der Waals surface area contributed by atoms with Gasteiger partial charge >= 0.3 is 0 Å². The van der Waals surface area contributed by atoms with Gasteiger partial charge in [0, 0.05) is 30.9 Å². The summed E-state index contributed by atoms with van der Waals surface area (Å²) in [7, 11) is 0. The fourth-order valence-corrected chi connectivity index (χ4v) is 3.80. The Kier molecular flexibility index (Phi) is 8.14. The van der Waals surface area contributed by atoms with Crippen LogP contribution in [0.2, 0.25) is 0 Å². The van der Waals surface area contributed by atoms with Crippen LogP contribution in [0, 0.1) is 5.92 Å². The molecule has 138 valence electrons. The van der Waals surface area contributed by atoms with Crippen LogP contribution < -0.4 is 10.6 Å². The van der Waals surface area contributed by atoms with E-state index < -0.39 is 0 Å². The minimum atomic E-state index is 0. The molecule has 6 nitrogen and oxygen atoms in total. The second-order valence-electron chi connectivity index (χ2n) is 6.25. The minimum Gasteiger partial charge on any atom is -0.357 e. The van der Waals surface area contributed by atoms with Crippen LogP contribution in [0.1, 0.15) is 36.8 Å². The number of nitrogens with one attached hydrogen (secondary N) is 2. The van der Waals surface area contributed by atoms with Crippen molar-refractivity contribution >= 4 is 41.3 Å². The van der Waals surface area contributed by atoms with Gasteiger partial charge in [0.1, 0.15) is 12.4 Å². The highest BCUT2D eigenvalue weighted by Gasteiger charge is 2.16. The summed E-state index contributed by atoms with van der Waals surface area (Å²) >= 11 is 1.82. The van der Waals surface area contributed by atoms with Crippen LogP contribution in [0.3, 0.4) is 0 Å². The molecule has 2 N–H and O–H groups in total. The summed E-state index contributed by atoms with van der Waals surface area (Å²) in [6.45, 7) is 7.70. The fraction of sp³-hybridized carbons (Fsp3) is 0.588. The Morgan fingerprint density at radius 3 is 3.04 bits per heavy atom. The summed E-state index contributed by atoms with van der Waals surface area (Å²) in [5.41, 5.74) is 0. The first-order valence-electron chi connectivity index (χ1n) is 8.71. The van der Waals surface area contributed by atoms with Gasteiger partial charge in [0.25, 0.3) is 0 Å². The number of aromatic nitrogens is 3. The molecule has 0 aliphatic carbocycles. The van der Waals surface area contributed by atoms with Crippen molar-refractivity contribution in [2.24, 2.45) is 10.9 Å². The maximum atomic E-state index is 4.68. The zero-order chi connectivity index (χ0) is 16.8. The summed E-state index contributed by atoms with van der Waals surface area (Å²) in [5.74, 6) is 3.48. The molecular formula is C17H27IN6S. The van der Waals surface area contributed by atoms with Crippen molar-refractivity contribution in [3.63, 3.8) is 0 Å². The zero-order valence-electron chi connectivity index (χ0n) is 14.9. The fourth-order valence-electron chi connectivity index (χ4n) is 2.93. The Hall–Kier alpha value is -1.16. The minimum absolute atomic E-state index is 0. The monoisotopic (exact) mass is 474 g/mol. The highest BCUT2D eigenvalue weighted by molar-refractivity contribution is 14.0. The number of thiophene rings is 1. The molecule has 0 aromatic carbocycles. The van der Waals surface area contributed by atoms with Gasteiger partial charge in [-0.3, -0.25) is 0 Å². The average Bonchev–Trinajstić information content (AvgIpc) is 3.28. The standard InChI is InChI=1S/C17H26N6S.HI/c1-3-18-17(19-11-13(2)10-14-6-5-9-24-14)20-12-16-22-21-15-7-4-8-23(15)16;/h5-6,9,13H,3-4,7-8,10-12H2,1-2H3,(H2,18,19,20);1H. The van der Waals surface area contributed by atoms with Crippen molar-refractivity contribution in [2.75, 3.05) is 13.1 Å². The molecule has 3 heterocycles. The SMILES string of the molecule is CCNC(=NCc1nnc2n1CCC2)NCC(C)Cc1cccs1.I. The van der Waals surface area contributed by atoms with Crippen molar-refractivity contribution in [3.05, 3.63) is 34.0 Å². The van der Waals surface area contributed by atoms with Crippen LogP contribution in [0.4, 0.5) is 0 Å². The third-order valence-electron chi connectivity index (χ3n) is 4.16. The summed E-state index contributed by atoms with van der Waals surface area (Å²) < 4.78 is 2.20. The largest absolute Gasteiger partial charge is 0.357 e. The van der Waals surface area contributed by atoms with Crippen LogP contribution >= 0.6 is 35.3 Å². The number of nitrogens with zero attached hydrogens (tertiary/aromatic N) is 4. The number of guanidine groups is 1. The Labute approximate surface area is 170 Å². The van der Waals surface area contributed by atoms with E-state index in [1.165, 1.54) is 11.3 Å². The number of hydrogen-bond acceptors (Lipinski definition) is 4. The normalized spacial score (nSPS) is 14.7. The summed E-state index contributed by atoms with van der Waals surface area (Å²) in [6, 6.07) is 4.31. The first-order chi connectivity index (χ1) is 11.8. The predicted molar refractivity (Wildman–Crippen MR) is 114 cm³/mol. The molecule has 0 saturated carbocycles. The van der Waals surface area contributed by atoms with Crippen LogP contribution in [0.25, 0.3) is 0 Å². The van der Waals surface area contributed by atoms with E-state index in [0.29, 0.717) is 12.5 Å². The molecule has 25 heavy (non-hydrogen) atoms. The first-order valence-corrected chi connectivity index (χ1v) is 9.59. The molecule has 1 aliphatic heterocycles. The lowest BCUT2D eigenvalue weighted by molar-refractivity contribution is 0.561. The third kappa shape index (κ3) is 5.67. The number of rotatable bonds is 7. The lowest BCUT2D eigenvalue weighted by Gasteiger charge is -2.15. The van der Waals surface area contributed by atoms with E-state index >= 15 is 0 Å². The van der Waals surface area contributed by atoms with E-state index in [2.05, 4.69) is 61.8 Å². The van der Waals surface area contributed by atoms with E-state index in [1.807, 2.05) is 11.3 Å². The molecule has 0 spiro atoms. The van der Waals surface area contributed by atoms with Gasteiger partial charge in [-0.25, -0.2) is 4.99 Å². The Morgan fingerprint density at radius 1 is 1.40 bits per heavy atom. The summed E-state index contributed by atoms with van der Waals surface area (Å²) in [6.07, 6.45) is 3.30. The predicted octanol–water partition coefficient (Wildman–Crippen LogP) is 2.84. The Bertz CT molecular complexity index is 667. The van der Waals surface area contributed by atoms with Crippen molar-refractivity contribution in [1.82, 2.24) is 25.4 Å². The van der Waals surface area contributed by atoms with Crippen LogP contribution in [0.15, 0.2) is 22.5 Å². The van der Waals surface area contributed by atoms with Gasteiger partial charge < -0.3 is 15.2 Å². The maximum Gasteiger partial charge on any atom is 0.191 e. The molecule has 2 aromatic rings. The highest BCUT2D eigenvalue weighted by Crippen LogP contribution is 2.15. The molecule has 1 aliphatic rings. The second-order valence-corrected chi connectivity index (χ2v) is 7.28. The van der Waals surface area contributed by atoms with Gasteiger partial charge in [-0.1, -0.05) is 13.0 Å². The number of aliphatic imine (C=N–C) groups is 1. The Morgan fingerprint density at radius 2 is 2.28 bits per heavy atom. The lowest BCUT2D eigenvalue weighted by atomic mass is 10.1. The number of halogens is 1. The summed E-state index contributed by atoms with van der Waals surface area (Å²) in [5, 5.41) is 17.4. The van der Waals surface area contributed by atoms with Crippen LogP contribution in [-0.4, -0.2) is 33.8 Å². The highest BCUT2D eigenvalue weighted by atomic mass is 127.